The van der Waals surface area contributed by atoms with Gasteiger partial charge in [-0.25, -0.2) is 0 Å². The monoisotopic (exact) mass is 620 g/mol. The van der Waals surface area contributed by atoms with Gasteiger partial charge in [0.25, 0.3) is 0 Å². The maximum atomic E-state index is 12.6. The van der Waals surface area contributed by atoms with Crippen LogP contribution in [-0.2, 0) is 14.3 Å². The maximum absolute atomic E-state index is 12.6. The molecule has 7 heteroatoms. The van der Waals surface area contributed by atoms with E-state index in [1.165, 1.54) is 12.1 Å². The highest BCUT2D eigenvalue weighted by molar-refractivity contribution is 5.78. The van der Waals surface area contributed by atoms with E-state index in [2.05, 4.69) is 0 Å². The highest BCUT2D eigenvalue weighted by Gasteiger charge is 2.27. The first kappa shape index (κ1) is 37.2. The minimum absolute atomic E-state index is 0.153. The van der Waals surface area contributed by atoms with E-state index in [1.807, 2.05) is 125 Å². The molecule has 0 heterocycles. The number of carbonyl (C=O) groups excluding carboxylic acids is 2. The first-order valence-electron chi connectivity index (χ1n) is 15.6. The minimum Gasteiger partial charge on any atom is -0.508 e. The molecule has 0 saturated heterocycles. The summed E-state index contributed by atoms with van der Waals surface area (Å²) in [5.41, 5.74) is 0.784. The van der Waals surface area contributed by atoms with Gasteiger partial charge in [0.05, 0.1) is 11.3 Å². The number of hydrogen-bond acceptors (Lipinski definition) is 7. The molecule has 0 bridgehead atoms. The molecule has 0 aliphatic rings. The Kier molecular flexibility index (Phi) is 13.1. The summed E-state index contributed by atoms with van der Waals surface area (Å²) in [5, 5.41) is 9.06. The molecular weight excluding hydrogens is 568 g/mol. The summed E-state index contributed by atoms with van der Waals surface area (Å²) in [6, 6.07) is 21.6. The number of hydrogen-bond donors (Lipinski definition) is 1. The van der Waals surface area contributed by atoms with Gasteiger partial charge >= 0.3 is 11.9 Å². The Bertz CT molecular complexity index is 1280. The Balaban J connectivity index is 0.000000394. The molecule has 3 aromatic carbocycles. The van der Waals surface area contributed by atoms with Crippen molar-refractivity contribution in [3.8, 4) is 23.0 Å². The van der Waals surface area contributed by atoms with Crippen molar-refractivity contribution < 1.29 is 33.6 Å². The average Bonchev–Trinajstić information content (AvgIpc) is 2.96. The summed E-state index contributed by atoms with van der Waals surface area (Å²) in [4.78, 5) is 24.2. The zero-order valence-electron chi connectivity index (χ0n) is 28.9. The number of benzene rings is 3. The molecule has 0 radical (unpaired) electrons. The van der Waals surface area contributed by atoms with E-state index in [0.717, 1.165) is 35.5 Å². The predicted molar refractivity (Wildman–Crippen MR) is 179 cm³/mol. The van der Waals surface area contributed by atoms with Crippen LogP contribution in [0.5, 0.6) is 23.0 Å². The number of carbonyl (C=O) groups is 2. The number of phenolic OH excluding ortho intramolecular Hbond substituents is 1. The van der Waals surface area contributed by atoms with Crippen molar-refractivity contribution in [3.05, 3.63) is 83.9 Å². The number of aromatic hydroxyl groups is 1. The lowest BCUT2D eigenvalue weighted by molar-refractivity contribution is -0.152. The third-order valence-electron chi connectivity index (χ3n) is 6.95. The van der Waals surface area contributed by atoms with Crippen molar-refractivity contribution in [1.82, 2.24) is 0 Å². The molecule has 0 aliphatic carbocycles. The van der Waals surface area contributed by atoms with Crippen LogP contribution in [-0.4, -0.2) is 28.2 Å². The average molecular weight is 621 g/mol. The summed E-state index contributed by atoms with van der Waals surface area (Å²) in [6.07, 6.45) is 0.977. The van der Waals surface area contributed by atoms with Crippen LogP contribution in [0.25, 0.3) is 0 Å². The lowest BCUT2D eigenvalue weighted by atomic mass is 9.91. The molecular formula is C38H52O7. The van der Waals surface area contributed by atoms with E-state index in [0.29, 0.717) is 5.75 Å². The summed E-state index contributed by atoms with van der Waals surface area (Å²) in [6.45, 7) is 21.6. The van der Waals surface area contributed by atoms with Crippen LogP contribution in [0.3, 0.4) is 0 Å². The van der Waals surface area contributed by atoms with Gasteiger partial charge in [-0.2, -0.15) is 0 Å². The van der Waals surface area contributed by atoms with E-state index in [1.54, 1.807) is 12.1 Å². The first-order valence-corrected chi connectivity index (χ1v) is 15.6. The van der Waals surface area contributed by atoms with Crippen LogP contribution in [0.2, 0.25) is 0 Å². The van der Waals surface area contributed by atoms with Gasteiger partial charge in [-0.15, -0.1) is 0 Å². The molecule has 0 aliphatic heterocycles. The fourth-order valence-electron chi connectivity index (χ4n) is 3.76. The maximum Gasteiger partial charge on any atom is 0.316 e. The number of esters is 2. The Hall–Kier alpha value is -4.00. The van der Waals surface area contributed by atoms with Crippen molar-refractivity contribution in [1.29, 1.82) is 0 Å². The Morgan fingerprint density at radius 1 is 0.667 bits per heavy atom. The Labute approximate surface area is 269 Å². The summed E-state index contributed by atoms with van der Waals surface area (Å²) < 4.78 is 22.9. The second kappa shape index (κ2) is 15.8. The molecule has 0 amide bonds. The highest BCUT2D eigenvalue weighted by Crippen LogP contribution is 2.31. The van der Waals surface area contributed by atoms with Gasteiger partial charge in [0.2, 0.25) is 0 Å². The van der Waals surface area contributed by atoms with Gasteiger partial charge in [0.1, 0.15) is 34.2 Å². The molecule has 3 aromatic rings. The lowest BCUT2D eigenvalue weighted by Crippen LogP contribution is -2.28. The van der Waals surface area contributed by atoms with E-state index >= 15 is 0 Å². The predicted octanol–water partition coefficient (Wildman–Crippen LogP) is 9.45. The topological polar surface area (TPSA) is 91.3 Å². The lowest BCUT2D eigenvalue weighted by Gasteiger charge is -2.24. The molecule has 246 valence electrons. The normalized spacial score (nSPS) is 12.4. The minimum atomic E-state index is -0.487. The third-order valence-corrected chi connectivity index (χ3v) is 6.95. The van der Waals surface area contributed by atoms with Crippen molar-refractivity contribution in [2.75, 3.05) is 0 Å². The largest absolute Gasteiger partial charge is 0.508 e. The van der Waals surface area contributed by atoms with Crippen molar-refractivity contribution in [2.45, 2.75) is 106 Å². The fraction of sp³-hybridized carbons (Fsp3) is 0.474. The van der Waals surface area contributed by atoms with Gasteiger partial charge in [0, 0.05) is 0 Å². The fourth-order valence-corrected chi connectivity index (χ4v) is 3.76. The van der Waals surface area contributed by atoms with E-state index < -0.39 is 11.5 Å². The van der Waals surface area contributed by atoms with Crippen molar-refractivity contribution >= 4 is 11.9 Å². The molecule has 7 nitrogen and oxygen atoms in total. The van der Waals surface area contributed by atoms with Gasteiger partial charge in [-0.05, 0) is 128 Å². The molecule has 0 spiro atoms. The number of phenols is 1. The zero-order chi connectivity index (χ0) is 34.0. The smallest absolute Gasteiger partial charge is 0.316 e. The molecule has 45 heavy (non-hydrogen) atoms. The molecule has 0 fully saturated rings. The van der Waals surface area contributed by atoms with Gasteiger partial charge in [0.15, 0.2) is 6.10 Å². The van der Waals surface area contributed by atoms with Gasteiger partial charge in [-0.3, -0.25) is 9.59 Å². The number of rotatable bonds is 10. The third kappa shape index (κ3) is 12.9. The van der Waals surface area contributed by atoms with Gasteiger partial charge < -0.3 is 24.1 Å². The van der Waals surface area contributed by atoms with Crippen LogP contribution in [0, 0.1) is 11.3 Å². The second-order valence-electron chi connectivity index (χ2n) is 13.8. The van der Waals surface area contributed by atoms with E-state index in [4.69, 9.17) is 24.1 Å². The highest BCUT2D eigenvalue weighted by atomic mass is 16.5. The molecule has 0 saturated carbocycles. The summed E-state index contributed by atoms with van der Waals surface area (Å²) in [7, 11) is 0. The van der Waals surface area contributed by atoms with Crippen molar-refractivity contribution in [3.63, 3.8) is 0 Å². The first-order chi connectivity index (χ1) is 20.8. The summed E-state index contributed by atoms with van der Waals surface area (Å²) >= 11 is 0. The number of ether oxygens (including phenoxy) is 4. The van der Waals surface area contributed by atoms with Crippen LogP contribution in [0.15, 0.2) is 72.8 Å². The molecule has 1 N–H and O–H groups in total. The second-order valence-corrected chi connectivity index (χ2v) is 13.8. The molecule has 1 unspecified atom stereocenters. The molecule has 0 aromatic heterocycles. The van der Waals surface area contributed by atoms with Gasteiger partial charge in [-0.1, -0.05) is 45.0 Å². The molecule has 1 atom stereocenters. The van der Waals surface area contributed by atoms with Crippen LogP contribution in [0.1, 0.15) is 106 Å². The summed E-state index contributed by atoms with van der Waals surface area (Å²) in [5.74, 6) is 1.57. The quantitative estimate of drug-likeness (QED) is 0.178. The SMILES string of the molecule is CCC(C)(C)C(=O)Oc1ccc(O)cc1.CCC(C)C(=O)OC(c1ccc(OC(C)(C)C)cc1)c1ccc(OC(C)(C)C)cc1. The standard InChI is InChI=1S/C26H36O4.C12H16O3/c1-9-18(2)24(27)28-23(19-10-14-21(15-11-19)29-25(3,4)5)20-12-16-22(17-13-20)30-26(6,7)8;1-4-12(2,3)11(14)15-10-7-5-9(13)6-8-10/h10-18,23H,9H2,1-8H3;5-8,13H,4H2,1-3H3. The zero-order valence-corrected chi connectivity index (χ0v) is 28.9. The Morgan fingerprint density at radius 3 is 1.42 bits per heavy atom. The van der Waals surface area contributed by atoms with Crippen LogP contribution < -0.4 is 14.2 Å². The van der Waals surface area contributed by atoms with E-state index in [-0.39, 0.29) is 34.8 Å². The van der Waals surface area contributed by atoms with Crippen molar-refractivity contribution in [2.24, 2.45) is 11.3 Å². The van der Waals surface area contributed by atoms with Crippen LogP contribution >= 0.6 is 0 Å². The van der Waals surface area contributed by atoms with Crippen LogP contribution in [0.4, 0.5) is 0 Å². The molecule has 3 rings (SSSR count). The van der Waals surface area contributed by atoms with E-state index in [9.17, 15) is 9.59 Å². The Morgan fingerprint density at radius 2 is 1.07 bits per heavy atom.